The molecule has 2 N–H and O–H groups in total. The highest BCUT2D eigenvalue weighted by molar-refractivity contribution is 5.88. The largest absolute Gasteiger partial charge is 0.481 e. The quantitative estimate of drug-likeness (QED) is 0.470. The van der Waals surface area contributed by atoms with Gasteiger partial charge in [0.2, 0.25) is 5.88 Å². The van der Waals surface area contributed by atoms with Crippen molar-refractivity contribution in [1.82, 2.24) is 20.2 Å². The topological polar surface area (TPSA) is 117 Å². The van der Waals surface area contributed by atoms with Gasteiger partial charge < -0.3 is 29.7 Å². The second kappa shape index (κ2) is 12.0. The van der Waals surface area contributed by atoms with Crippen LogP contribution in [0.3, 0.4) is 0 Å². The first-order chi connectivity index (χ1) is 19.7. The molecule has 4 heterocycles. The maximum atomic E-state index is 14.1. The maximum Gasteiger partial charge on any atom is 0.417 e. The van der Waals surface area contributed by atoms with Gasteiger partial charge in [0.1, 0.15) is 18.0 Å². The Labute approximate surface area is 243 Å². The summed E-state index contributed by atoms with van der Waals surface area (Å²) in [6.07, 6.45) is -1.95. The van der Waals surface area contributed by atoms with Crippen LogP contribution in [0.25, 0.3) is 0 Å². The van der Waals surface area contributed by atoms with Crippen molar-refractivity contribution < 1.29 is 37.3 Å². The minimum atomic E-state index is -4.62. The lowest BCUT2D eigenvalue weighted by atomic mass is 9.72. The Morgan fingerprint density at radius 2 is 1.95 bits per heavy atom. The van der Waals surface area contributed by atoms with Crippen LogP contribution in [0.1, 0.15) is 56.3 Å². The number of hydrogen-bond donors (Lipinski definition) is 2. The molecule has 0 unspecified atom stereocenters. The number of alkyl halides is 3. The van der Waals surface area contributed by atoms with E-state index in [0.29, 0.717) is 37.0 Å². The molecule has 13 heteroatoms. The van der Waals surface area contributed by atoms with Crippen LogP contribution in [0, 0.1) is 11.3 Å². The smallest absolute Gasteiger partial charge is 0.417 e. The Morgan fingerprint density at radius 3 is 2.50 bits per heavy atom. The first-order valence-corrected chi connectivity index (χ1v) is 13.8. The minimum absolute atomic E-state index is 0.00906. The molecule has 230 valence electrons. The molecule has 0 aromatic carbocycles. The zero-order valence-electron chi connectivity index (χ0n) is 24.6. The minimum Gasteiger partial charge on any atom is -0.481 e. The first kappa shape index (κ1) is 31.5. The van der Waals surface area contributed by atoms with Gasteiger partial charge in [0.05, 0.1) is 18.7 Å². The van der Waals surface area contributed by atoms with Gasteiger partial charge in [0, 0.05) is 62.7 Å². The SMILES string of the molecule is COc1ncc(C(F)(F)F)cc1CN[C@H]1[C@H](C(C)(C)C)[C@@H](C(=O)O)N(C(=O)[C@@H]2CCCO2)[C@H]1c1cccnc1N(C)C. The third kappa shape index (κ3) is 6.17. The second-order valence-corrected chi connectivity index (χ2v) is 12.0. The fourth-order valence-corrected chi connectivity index (χ4v) is 6.20. The lowest BCUT2D eigenvalue weighted by Gasteiger charge is -2.35. The van der Waals surface area contributed by atoms with Gasteiger partial charge in [-0.25, -0.2) is 14.8 Å². The molecule has 4 rings (SSSR count). The summed E-state index contributed by atoms with van der Waals surface area (Å²) in [4.78, 5) is 38.7. The number of pyridine rings is 2. The van der Waals surface area contributed by atoms with Gasteiger partial charge in [-0.1, -0.05) is 26.8 Å². The number of ether oxygens (including phenoxy) is 2. The zero-order valence-corrected chi connectivity index (χ0v) is 24.6. The summed E-state index contributed by atoms with van der Waals surface area (Å²) in [5.74, 6) is -1.73. The first-order valence-electron chi connectivity index (χ1n) is 13.8. The van der Waals surface area contributed by atoms with Gasteiger partial charge in [-0.2, -0.15) is 13.2 Å². The number of nitrogens with one attached hydrogen (secondary N) is 1. The molecule has 2 saturated heterocycles. The molecule has 0 spiro atoms. The van der Waals surface area contributed by atoms with Gasteiger partial charge in [-0.3, -0.25) is 4.79 Å². The molecule has 0 radical (unpaired) electrons. The van der Waals surface area contributed by atoms with E-state index in [4.69, 9.17) is 9.47 Å². The van der Waals surface area contributed by atoms with Gasteiger partial charge in [-0.05, 0) is 30.4 Å². The number of amides is 1. The molecular formula is C29H38F3N5O5. The van der Waals surface area contributed by atoms with Crippen LogP contribution in [0.4, 0.5) is 19.0 Å². The lowest BCUT2D eigenvalue weighted by Crippen LogP contribution is -2.50. The number of aromatic nitrogens is 2. The van der Waals surface area contributed by atoms with Gasteiger partial charge in [-0.15, -0.1) is 0 Å². The van der Waals surface area contributed by atoms with E-state index in [9.17, 15) is 27.9 Å². The van der Waals surface area contributed by atoms with E-state index < -0.39 is 59.2 Å². The predicted molar refractivity (Wildman–Crippen MR) is 148 cm³/mol. The normalized spacial score (nSPS) is 24.6. The number of carbonyl (C=O) groups excluding carboxylic acids is 1. The number of methoxy groups -OCH3 is 1. The summed E-state index contributed by atoms with van der Waals surface area (Å²) in [6.45, 7) is 5.95. The molecule has 0 aliphatic carbocycles. The number of halogens is 3. The molecule has 5 atom stereocenters. The van der Waals surface area contributed by atoms with E-state index in [1.807, 2.05) is 20.8 Å². The number of carboxylic acids is 1. The maximum absolute atomic E-state index is 14.1. The molecule has 2 aromatic rings. The zero-order chi connectivity index (χ0) is 31.0. The molecule has 2 aliphatic heterocycles. The second-order valence-electron chi connectivity index (χ2n) is 12.0. The van der Waals surface area contributed by atoms with Crippen molar-refractivity contribution in [3.8, 4) is 5.88 Å². The van der Waals surface area contributed by atoms with E-state index in [1.54, 1.807) is 37.3 Å². The van der Waals surface area contributed by atoms with Crippen LogP contribution in [-0.4, -0.2) is 77.9 Å². The Hall–Kier alpha value is -3.45. The highest BCUT2D eigenvalue weighted by Crippen LogP contribution is 2.50. The number of rotatable bonds is 8. The Kier molecular flexibility index (Phi) is 9.02. The third-order valence-corrected chi connectivity index (χ3v) is 7.91. The monoisotopic (exact) mass is 593 g/mol. The third-order valence-electron chi connectivity index (χ3n) is 7.91. The van der Waals surface area contributed by atoms with Crippen molar-refractivity contribution in [3.63, 3.8) is 0 Å². The summed E-state index contributed by atoms with van der Waals surface area (Å²) in [5, 5.41) is 14.0. The summed E-state index contributed by atoms with van der Waals surface area (Å²) < 4.78 is 51.7. The van der Waals surface area contributed by atoms with E-state index >= 15 is 0 Å². The van der Waals surface area contributed by atoms with E-state index in [0.717, 1.165) is 6.07 Å². The molecule has 0 bridgehead atoms. The van der Waals surface area contributed by atoms with Crippen molar-refractivity contribution in [1.29, 1.82) is 0 Å². The van der Waals surface area contributed by atoms with Crippen molar-refractivity contribution in [2.24, 2.45) is 11.3 Å². The fraction of sp³-hybridized carbons (Fsp3) is 0.586. The van der Waals surface area contributed by atoms with Crippen molar-refractivity contribution in [2.75, 3.05) is 32.7 Å². The Morgan fingerprint density at radius 1 is 1.24 bits per heavy atom. The van der Waals surface area contributed by atoms with E-state index in [-0.39, 0.29) is 18.0 Å². The number of anilines is 1. The Balaban J connectivity index is 1.89. The van der Waals surface area contributed by atoms with Crippen molar-refractivity contribution >= 4 is 17.7 Å². The number of likely N-dealkylation sites (tertiary alicyclic amines) is 1. The average molecular weight is 594 g/mol. The summed E-state index contributed by atoms with van der Waals surface area (Å²) >= 11 is 0. The molecule has 1 amide bonds. The Bertz CT molecular complexity index is 1290. The van der Waals surface area contributed by atoms with Crippen LogP contribution in [-0.2, 0) is 27.0 Å². The number of aliphatic carboxylic acids is 1. The molecule has 0 saturated carbocycles. The predicted octanol–water partition coefficient (Wildman–Crippen LogP) is 3.91. The summed E-state index contributed by atoms with van der Waals surface area (Å²) in [5.41, 5.74) is -0.829. The number of carboxylic acid groups (broad SMARTS) is 1. The van der Waals surface area contributed by atoms with Crippen molar-refractivity contribution in [2.45, 2.75) is 70.6 Å². The van der Waals surface area contributed by atoms with E-state index in [1.165, 1.54) is 12.0 Å². The van der Waals surface area contributed by atoms with Crippen LogP contribution in [0.2, 0.25) is 0 Å². The summed E-state index contributed by atoms with van der Waals surface area (Å²) in [7, 11) is 4.91. The van der Waals surface area contributed by atoms with Gasteiger partial charge in [0.15, 0.2) is 0 Å². The molecule has 10 nitrogen and oxygen atoms in total. The highest BCUT2D eigenvalue weighted by Gasteiger charge is 2.59. The standard InChI is InChI=1S/C29H38F3N5O5/c1-28(2,3)20-21(34-14-16-13-17(29(30,31)32)15-35-25(16)41-6)22(18-9-7-11-33-24(18)36(4)5)37(23(20)27(39)40)26(38)19-10-8-12-42-19/h7,9,11,13,15,19-23,34H,8,10,12,14H2,1-6H3,(H,39,40)/t19-,20-,21-,22-,23-/m0/s1. The van der Waals surface area contributed by atoms with Crippen LogP contribution >= 0.6 is 0 Å². The van der Waals surface area contributed by atoms with Crippen LogP contribution in [0.5, 0.6) is 5.88 Å². The number of hydrogen-bond acceptors (Lipinski definition) is 8. The lowest BCUT2D eigenvalue weighted by molar-refractivity contribution is -0.156. The highest BCUT2D eigenvalue weighted by atomic mass is 19.4. The van der Waals surface area contributed by atoms with Crippen molar-refractivity contribution in [3.05, 3.63) is 47.3 Å². The molecule has 2 aliphatic rings. The average Bonchev–Trinajstić information content (AvgIpc) is 3.57. The molecular weight excluding hydrogens is 555 g/mol. The van der Waals surface area contributed by atoms with Crippen LogP contribution in [0.15, 0.2) is 30.6 Å². The van der Waals surface area contributed by atoms with Gasteiger partial charge in [0.25, 0.3) is 5.91 Å². The number of nitrogens with zero attached hydrogens (tertiary/aromatic N) is 4. The number of carbonyl (C=O) groups is 2. The van der Waals surface area contributed by atoms with Crippen LogP contribution < -0.4 is 15.0 Å². The molecule has 42 heavy (non-hydrogen) atoms. The van der Waals surface area contributed by atoms with E-state index in [2.05, 4.69) is 15.3 Å². The molecule has 2 fully saturated rings. The summed E-state index contributed by atoms with van der Waals surface area (Å²) in [6, 6.07) is 1.69. The van der Waals surface area contributed by atoms with Gasteiger partial charge >= 0.3 is 12.1 Å². The molecule has 2 aromatic heterocycles. The fourth-order valence-electron chi connectivity index (χ4n) is 6.20.